The molecule has 0 fully saturated rings. The van der Waals surface area contributed by atoms with Crippen LogP contribution in [0.25, 0.3) is 0 Å². The zero-order valence-electron chi connectivity index (χ0n) is 6.91. The Bertz CT molecular complexity index is 221. The van der Waals surface area contributed by atoms with E-state index in [2.05, 4.69) is 53.9 Å². The standard InChI is InChI=1S/C6H2Br3.BH3O3.Zn/c7-4-1-5(8)3-6(9)2-4;2-1(3)4;/h1-2H;2-4H;/q-1;;. The van der Waals surface area contributed by atoms with E-state index >= 15 is 0 Å². The molecule has 8 heteroatoms. The monoisotopic (exact) mass is 437 g/mol. The van der Waals surface area contributed by atoms with E-state index in [1.54, 1.807) is 0 Å². The van der Waals surface area contributed by atoms with E-state index in [0.29, 0.717) is 0 Å². The van der Waals surface area contributed by atoms with Crippen molar-refractivity contribution in [2.24, 2.45) is 0 Å². The summed E-state index contributed by atoms with van der Waals surface area (Å²) in [4.78, 5) is 0. The molecule has 3 N–H and O–H groups in total. The maximum Gasteiger partial charge on any atom is 0.631 e. The van der Waals surface area contributed by atoms with Crippen molar-refractivity contribution >= 4 is 55.1 Å². The van der Waals surface area contributed by atoms with Crippen molar-refractivity contribution in [3.05, 3.63) is 31.6 Å². The Morgan fingerprint density at radius 1 is 1.00 bits per heavy atom. The molecule has 0 aliphatic rings. The van der Waals surface area contributed by atoms with E-state index in [-0.39, 0.29) is 19.5 Å². The van der Waals surface area contributed by atoms with Crippen LogP contribution in [0.5, 0.6) is 0 Å². The summed E-state index contributed by atoms with van der Waals surface area (Å²) in [6.45, 7) is 0. The van der Waals surface area contributed by atoms with Gasteiger partial charge in [0.25, 0.3) is 0 Å². The summed E-state index contributed by atoms with van der Waals surface area (Å²) < 4.78 is 2.94. The molecule has 74 valence electrons. The zero-order valence-corrected chi connectivity index (χ0v) is 14.6. The summed E-state index contributed by atoms with van der Waals surface area (Å²) >= 11 is 9.93. The van der Waals surface area contributed by atoms with Gasteiger partial charge >= 0.3 is 7.32 Å². The third-order valence-electron chi connectivity index (χ3n) is 0.768. The number of hydrogen-bond donors (Lipinski definition) is 3. The van der Waals surface area contributed by atoms with Gasteiger partial charge in [-0.05, 0) is 0 Å². The normalized spacial score (nSPS) is 8.14. The first-order valence-corrected chi connectivity index (χ1v) is 5.38. The predicted molar refractivity (Wildman–Crippen MR) is 60.8 cm³/mol. The summed E-state index contributed by atoms with van der Waals surface area (Å²) in [5.74, 6) is 0. The Kier molecular flexibility index (Phi) is 11.9. The number of benzene rings is 1. The molecule has 0 radical (unpaired) electrons. The fourth-order valence-corrected chi connectivity index (χ4v) is 2.73. The first-order valence-electron chi connectivity index (χ1n) is 3.00. The third kappa shape index (κ3) is 11.3. The molecule has 0 amide bonds. The largest absolute Gasteiger partial charge is 0.631 e. The van der Waals surface area contributed by atoms with E-state index in [1.165, 1.54) is 0 Å². The molecule has 0 atom stereocenters. The van der Waals surface area contributed by atoms with Crippen LogP contribution in [0.15, 0.2) is 25.6 Å². The van der Waals surface area contributed by atoms with Crippen molar-refractivity contribution in [3.8, 4) is 0 Å². The van der Waals surface area contributed by atoms with Crippen molar-refractivity contribution in [1.82, 2.24) is 0 Å². The third-order valence-corrected chi connectivity index (χ3v) is 2.08. The van der Waals surface area contributed by atoms with Gasteiger partial charge in [-0.2, -0.15) is 6.07 Å². The van der Waals surface area contributed by atoms with Crippen molar-refractivity contribution in [2.75, 3.05) is 0 Å². The minimum atomic E-state index is -2.17. The molecule has 0 bridgehead atoms. The molecule has 0 spiro atoms. The SMILES string of the molecule is Brc1[c-]c(Br)cc(Br)c1.OB(O)O.[Zn]. The van der Waals surface area contributed by atoms with Gasteiger partial charge in [0.1, 0.15) is 0 Å². The van der Waals surface area contributed by atoms with Gasteiger partial charge < -0.3 is 15.1 Å². The Labute approximate surface area is 120 Å². The maximum atomic E-state index is 7.17. The molecule has 0 aliphatic heterocycles. The molecule has 14 heavy (non-hydrogen) atoms. The second-order valence-corrected chi connectivity index (χ2v) is 4.47. The molecule has 0 unspecified atom stereocenters. The fourth-order valence-electron chi connectivity index (χ4n) is 0.470. The van der Waals surface area contributed by atoms with E-state index in [9.17, 15) is 0 Å². The van der Waals surface area contributed by atoms with Gasteiger partial charge in [-0.15, -0.1) is 12.1 Å². The topological polar surface area (TPSA) is 60.7 Å². The Morgan fingerprint density at radius 3 is 1.50 bits per heavy atom. The molecule has 0 heterocycles. The van der Waals surface area contributed by atoms with Crippen LogP contribution in [0.1, 0.15) is 0 Å². The summed E-state index contributed by atoms with van der Waals surface area (Å²) in [5.41, 5.74) is 0. The average Bonchev–Trinajstić information content (AvgIpc) is 1.80. The van der Waals surface area contributed by atoms with E-state index in [0.717, 1.165) is 13.4 Å². The van der Waals surface area contributed by atoms with E-state index < -0.39 is 7.32 Å². The van der Waals surface area contributed by atoms with Crippen LogP contribution in [-0.4, -0.2) is 22.4 Å². The smallest absolute Gasteiger partial charge is 0.402 e. The van der Waals surface area contributed by atoms with Gasteiger partial charge in [-0.25, -0.2) is 0 Å². The van der Waals surface area contributed by atoms with Crippen LogP contribution < -0.4 is 0 Å². The molecule has 0 aromatic heterocycles. The molecule has 1 rings (SSSR count). The van der Waals surface area contributed by atoms with Crippen LogP contribution in [0, 0.1) is 6.07 Å². The summed E-state index contributed by atoms with van der Waals surface area (Å²) in [7, 11) is -2.17. The zero-order chi connectivity index (χ0) is 10.4. The minimum Gasteiger partial charge on any atom is -0.402 e. The van der Waals surface area contributed by atoms with Crippen LogP contribution in [0.3, 0.4) is 0 Å². The molecule has 1 aromatic rings. The molecular weight excluding hydrogens is 436 g/mol. The van der Waals surface area contributed by atoms with Crippen LogP contribution in [0.2, 0.25) is 0 Å². The van der Waals surface area contributed by atoms with Gasteiger partial charge in [0.05, 0.1) is 0 Å². The molecule has 3 nitrogen and oxygen atoms in total. The Balaban J connectivity index is 0. The van der Waals surface area contributed by atoms with E-state index in [4.69, 9.17) is 15.1 Å². The second-order valence-electron chi connectivity index (χ2n) is 1.84. The van der Waals surface area contributed by atoms with Gasteiger partial charge in [0.2, 0.25) is 0 Å². The van der Waals surface area contributed by atoms with Crippen molar-refractivity contribution in [2.45, 2.75) is 0 Å². The van der Waals surface area contributed by atoms with Gasteiger partial charge in [0.15, 0.2) is 0 Å². The molecule has 0 saturated heterocycles. The van der Waals surface area contributed by atoms with Gasteiger partial charge in [0, 0.05) is 19.5 Å². The first-order chi connectivity index (χ1) is 5.91. The quantitative estimate of drug-likeness (QED) is 0.425. The number of hydrogen-bond acceptors (Lipinski definition) is 3. The molecule has 0 saturated carbocycles. The first kappa shape index (κ1) is 17.6. The van der Waals surface area contributed by atoms with Crippen LogP contribution in [-0.2, 0) is 19.5 Å². The number of halogens is 3. The van der Waals surface area contributed by atoms with E-state index in [1.807, 2.05) is 12.1 Å². The minimum absolute atomic E-state index is 0. The molecule has 0 aliphatic carbocycles. The maximum absolute atomic E-state index is 7.17. The molecule has 1 aromatic carbocycles. The number of rotatable bonds is 0. The van der Waals surface area contributed by atoms with Crippen molar-refractivity contribution < 1.29 is 34.6 Å². The van der Waals surface area contributed by atoms with Gasteiger partial charge in [-0.1, -0.05) is 61.2 Å². The average molecular weight is 441 g/mol. The van der Waals surface area contributed by atoms with Crippen molar-refractivity contribution in [3.63, 3.8) is 0 Å². The van der Waals surface area contributed by atoms with Crippen molar-refractivity contribution in [1.29, 1.82) is 0 Å². The molecular formula is C6H5BBr3O3Zn-. The summed E-state index contributed by atoms with van der Waals surface area (Å²) in [6.07, 6.45) is 0. The van der Waals surface area contributed by atoms with Crippen LogP contribution >= 0.6 is 47.8 Å². The summed E-state index contributed by atoms with van der Waals surface area (Å²) in [5, 5.41) is 21.5. The van der Waals surface area contributed by atoms with Gasteiger partial charge in [-0.3, -0.25) is 0 Å². The Morgan fingerprint density at radius 2 is 1.29 bits per heavy atom. The predicted octanol–water partition coefficient (Wildman–Crippen LogP) is 1.72. The Hall–Kier alpha value is 1.23. The second kappa shape index (κ2) is 9.45. The summed E-state index contributed by atoms with van der Waals surface area (Å²) in [6, 6.07) is 6.88. The van der Waals surface area contributed by atoms with Crippen LogP contribution in [0.4, 0.5) is 0 Å². The fraction of sp³-hybridized carbons (Fsp3) is 0.